The molecule has 1 spiro atoms. The van der Waals surface area contributed by atoms with Crippen molar-refractivity contribution in [2.24, 2.45) is 0 Å². The van der Waals surface area contributed by atoms with Crippen LogP contribution in [-0.4, -0.2) is 9.97 Å². The van der Waals surface area contributed by atoms with Gasteiger partial charge in [0.05, 0.1) is 16.8 Å². The van der Waals surface area contributed by atoms with Gasteiger partial charge in [-0.3, -0.25) is 0 Å². The summed E-state index contributed by atoms with van der Waals surface area (Å²) >= 11 is 0. The summed E-state index contributed by atoms with van der Waals surface area (Å²) in [6.45, 7) is 0. The average molecular weight is 823 g/mol. The van der Waals surface area contributed by atoms with Gasteiger partial charge in [-0.25, -0.2) is 9.97 Å². The van der Waals surface area contributed by atoms with E-state index in [1.807, 2.05) is 18.2 Å². The Kier molecular flexibility index (Phi) is 7.64. The first-order chi connectivity index (χ1) is 32.2. The van der Waals surface area contributed by atoms with Crippen LogP contribution in [0.1, 0.15) is 22.3 Å². The van der Waals surface area contributed by atoms with Gasteiger partial charge in [-0.05, 0) is 129 Å². The Hall–Kier alpha value is -8.46. The van der Waals surface area contributed by atoms with Gasteiger partial charge in [0.15, 0.2) is 5.82 Å². The number of fused-ring (bicyclic) bond motifs is 17. The summed E-state index contributed by atoms with van der Waals surface area (Å²) < 4.78 is 0. The molecule has 65 heavy (non-hydrogen) atoms. The highest BCUT2D eigenvalue weighted by molar-refractivity contribution is 6.20. The Morgan fingerprint density at radius 2 is 0.800 bits per heavy atom. The third kappa shape index (κ3) is 5.23. The van der Waals surface area contributed by atoms with Crippen molar-refractivity contribution in [2.45, 2.75) is 5.41 Å². The van der Waals surface area contributed by atoms with Crippen LogP contribution in [0.5, 0.6) is 0 Å². The molecule has 0 radical (unpaired) electrons. The number of rotatable bonds is 4. The molecular formula is C63H38N2. The minimum atomic E-state index is -0.477. The first kappa shape index (κ1) is 36.1. The number of benzene rings is 11. The summed E-state index contributed by atoms with van der Waals surface area (Å²) in [7, 11) is 0. The van der Waals surface area contributed by atoms with Gasteiger partial charge in [0.1, 0.15) is 0 Å². The molecule has 0 N–H and O–H groups in total. The maximum atomic E-state index is 5.15. The molecule has 0 saturated carbocycles. The Balaban J connectivity index is 0.931. The Bertz CT molecular complexity index is 3890. The van der Waals surface area contributed by atoms with Crippen molar-refractivity contribution in [3.05, 3.63) is 253 Å². The largest absolute Gasteiger partial charge is 0.228 e. The van der Waals surface area contributed by atoms with Crippen molar-refractivity contribution >= 4 is 43.1 Å². The molecule has 0 aliphatic heterocycles. The SMILES string of the molecule is c1ccc(-c2nc(-c3ccc(-c4ccc5cc6c(cc5c4)C4(c5ccccc5-c5ccccc54)c4c-6c5ccccc5c5ccccc45)cc3)cc(-c3ccc4ccccc4c3)n2)cc1. The summed E-state index contributed by atoms with van der Waals surface area (Å²) in [5.74, 6) is 0.714. The van der Waals surface area contributed by atoms with Gasteiger partial charge in [-0.15, -0.1) is 0 Å². The average Bonchev–Trinajstić information content (AvgIpc) is 3.85. The number of nitrogens with zero attached hydrogens (tertiary/aromatic N) is 2. The predicted molar refractivity (Wildman–Crippen MR) is 270 cm³/mol. The number of hydrogen-bond acceptors (Lipinski definition) is 2. The molecule has 0 saturated heterocycles. The lowest BCUT2D eigenvalue weighted by molar-refractivity contribution is 0.803. The number of hydrogen-bond donors (Lipinski definition) is 0. The van der Waals surface area contributed by atoms with E-state index in [0.29, 0.717) is 5.82 Å². The molecule has 0 unspecified atom stereocenters. The van der Waals surface area contributed by atoms with Crippen molar-refractivity contribution in [1.82, 2.24) is 9.97 Å². The topological polar surface area (TPSA) is 25.8 Å². The van der Waals surface area contributed by atoms with E-state index in [-0.39, 0.29) is 0 Å². The molecular weight excluding hydrogens is 785 g/mol. The van der Waals surface area contributed by atoms with E-state index in [0.717, 1.165) is 33.6 Å². The van der Waals surface area contributed by atoms with Crippen LogP contribution in [0.2, 0.25) is 0 Å². The second-order valence-corrected chi connectivity index (χ2v) is 17.6. The van der Waals surface area contributed by atoms with Crippen molar-refractivity contribution in [1.29, 1.82) is 0 Å². The van der Waals surface area contributed by atoms with E-state index in [9.17, 15) is 0 Å². The summed E-state index contributed by atoms with van der Waals surface area (Å²) in [6.07, 6.45) is 0. The van der Waals surface area contributed by atoms with Gasteiger partial charge < -0.3 is 0 Å². The van der Waals surface area contributed by atoms with Gasteiger partial charge >= 0.3 is 0 Å². The Labute approximate surface area is 376 Å². The second kappa shape index (κ2) is 13.8. The highest BCUT2D eigenvalue weighted by atomic mass is 14.9. The van der Waals surface area contributed by atoms with E-state index in [4.69, 9.17) is 9.97 Å². The van der Waals surface area contributed by atoms with Crippen LogP contribution in [0.3, 0.4) is 0 Å². The molecule has 2 aliphatic rings. The summed E-state index contributed by atoms with van der Waals surface area (Å²) in [5.41, 5.74) is 17.5. The molecule has 1 aromatic heterocycles. The molecule has 0 bridgehead atoms. The molecule has 12 aromatic rings. The molecule has 14 rings (SSSR count). The summed E-state index contributed by atoms with van der Waals surface area (Å²) in [6, 6.07) is 84.6. The van der Waals surface area contributed by atoms with E-state index >= 15 is 0 Å². The molecule has 0 fully saturated rings. The van der Waals surface area contributed by atoms with Crippen LogP contribution in [0, 0.1) is 0 Å². The fourth-order valence-electron chi connectivity index (χ4n) is 11.4. The quantitative estimate of drug-likeness (QED) is 0.165. The first-order valence-corrected chi connectivity index (χ1v) is 22.5. The van der Waals surface area contributed by atoms with Crippen LogP contribution in [-0.2, 0) is 5.41 Å². The molecule has 1 heterocycles. The fourth-order valence-corrected chi connectivity index (χ4v) is 11.4. The molecule has 0 amide bonds. The van der Waals surface area contributed by atoms with Crippen molar-refractivity contribution in [2.75, 3.05) is 0 Å². The van der Waals surface area contributed by atoms with Crippen LogP contribution in [0.15, 0.2) is 231 Å². The third-order valence-corrected chi connectivity index (χ3v) is 14.2. The summed E-state index contributed by atoms with van der Waals surface area (Å²) in [5, 5.41) is 10.1. The van der Waals surface area contributed by atoms with Crippen LogP contribution in [0.4, 0.5) is 0 Å². The van der Waals surface area contributed by atoms with E-state index in [1.54, 1.807) is 0 Å². The smallest absolute Gasteiger partial charge is 0.160 e. The molecule has 300 valence electrons. The van der Waals surface area contributed by atoms with E-state index in [2.05, 4.69) is 212 Å². The zero-order chi connectivity index (χ0) is 42.6. The summed E-state index contributed by atoms with van der Waals surface area (Å²) in [4.78, 5) is 10.3. The van der Waals surface area contributed by atoms with Crippen molar-refractivity contribution in [3.8, 4) is 67.3 Å². The maximum Gasteiger partial charge on any atom is 0.160 e. The number of aromatic nitrogens is 2. The third-order valence-electron chi connectivity index (χ3n) is 14.2. The van der Waals surface area contributed by atoms with E-state index in [1.165, 1.54) is 93.2 Å². The molecule has 2 nitrogen and oxygen atoms in total. The zero-order valence-corrected chi connectivity index (χ0v) is 35.3. The lowest BCUT2D eigenvalue weighted by atomic mass is 9.69. The van der Waals surface area contributed by atoms with Crippen LogP contribution in [0.25, 0.3) is 110 Å². The zero-order valence-electron chi connectivity index (χ0n) is 35.3. The highest BCUT2D eigenvalue weighted by Crippen LogP contribution is 2.65. The molecule has 0 atom stereocenters. The van der Waals surface area contributed by atoms with Crippen LogP contribution >= 0.6 is 0 Å². The van der Waals surface area contributed by atoms with Gasteiger partial charge in [0.2, 0.25) is 0 Å². The first-order valence-electron chi connectivity index (χ1n) is 22.5. The lowest BCUT2D eigenvalue weighted by Gasteiger charge is -2.32. The van der Waals surface area contributed by atoms with Gasteiger partial charge in [0, 0.05) is 16.7 Å². The highest BCUT2D eigenvalue weighted by Gasteiger charge is 2.53. The van der Waals surface area contributed by atoms with Gasteiger partial charge in [-0.2, -0.15) is 0 Å². The monoisotopic (exact) mass is 822 g/mol. The molecule has 2 heteroatoms. The lowest BCUT2D eigenvalue weighted by Crippen LogP contribution is -2.26. The molecule has 11 aromatic carbocycles. The Morgan fingerprint density at radius 1 is 0.277 bits per heavy atom. The second-order valence-electron chi connectivity index (χ2n) is 17.6. The fraction of sp³-hybridized carbons (Fsp3) is 0.0159. The maximum absolute atomic E-state index is 5.15. The predicted octanol–water partition coefficient (Wildman–Crippen LogP) is 16.1. The van der Waals surface area contributed by atoms with E-state index < -0.39 is 5.41 Å². The van der Waals surface area contributed by atoms with Gasteiger partial charge in [0.25, 0.3) is 0 Å². The Morgan fingerprint density at radius 3 is 1.55 bits per heavy atom. The minimum absolute atomic E-state index is 0.477. The van der Waals surface area contributed by atoms with Crippen molar-refractivity contribution < 1.29 is 0 Å². The molecule has 2 aliphatic carbocycles. The standard InChI is InChI=1S/C63H38N2/c1-2-15-42(16-3-1)62-64-58(38-59(65-62)46-33-28-39-14-4-5-17-43(39)34-46)41-29-26-40(27-30-41)44-31-32-45-36-54-57(37-47(45)35-44)63(55-24-12-10-20-50(55)51-21-11-13-25-56(51)63)61-53-23-9-7-19-49(53)48-18-6-8-22-52(48)60(54)61/h1-38H. The normalized spacial score (nSPS) is 13.0. The van der Waals surface area contributed by atoms with Crippen molar-refractivity contribution in [3.63, 3.8) is 0 Å². The van der Waals surface area contributed by atoms with Gasteiger partial charge in [-0.1, -0.05) is 200 Å². The minimum Gasteiger partial charge on any atom is -0.228 e. The van der Waals surface area contributed by atoms with Crippen LogP contribution < -0.4 is 0 Å².